The molecule has 1 heterocycles. The van der Waals surface area contributed by atoms with Crippen LogP contribution in [0.25, 0.3) is 0 Å². The highest BCUT2D eigenvalue weighted by molar-refractivity contribution is 7.12. The summed E-state index contributed by atoms with van der Waals surface area (Å²) in [5.74, 6) is -3.01. The van der Waals surface area contributed by atoms with E-state index in [4.69, 9.17) is 5.11 Å². The van der Waals surface area contributed by atoms with Crippen LogP contribution < -0.4 is 10.9 Å². The van der Waals surface area contributed by atoms with Crippen LogP contribution in [0.5, 0.6) is 0 Å². The van der Waals surface area contributed by atoms with Gasteiger partial charge in [-0.15, -0.1) is 11.3 Å². The molecule has 2 rings (SSSR count). The molecule has 3 N–H and O–H groups in total. The van der Waals surface area contributed by atoms with E-state index in [0.717, 1.165) is 12.8 Å². The Kier molecular flexibility index (Phi) is 4.73. The fourth-order valence-corrected chi connectivity index (χ4v) is 3.04. The zero-order valence-corrected chi connectivity index (χ0v) is 11.6. The van der Waals surface area contributed by atoms with Crippen LogP contribution in [0.4, 0.5) is 0 Å². The Labute approximate surface area is 120 Å². The highest BCUT2D eigenvalue weighted by Gasteiger charge is 2.35. The summed E-state index contributed by atoms with van der Waals surface area (Å²) in [6.07, 6.45) is 2.70. The Morgan fingerprint density at radius 1 is 1.15 bits per heavy atom. The Bertz CT molecular complexity index is 500. The van der Waals surface area contributed by atoms with Crippen molar-refractivity contribution >= 4 is 29.1 Å². The van der Waals surface area contributed by atoms with Crippen LogP contribution in [-0.4, -0.2) is 22.9 Å². The van der Waals surface area contributed by atoms with Gasteiger partial charge in [0.15, 0.2) is 0 Å². The third kappa shape index (κ3) is 3.36. The largest absolute Gasteiger partial charge is 0.481 e. The van der Waals surface area contributed by atoms with Crippen LogP contribution in [0.1, 0.15) is 35.4 Å². The van der Waals surface area contributed by atoms with Gasteiger partial charge in [0.2, 0.25) is 5.91 Å². The van der Waals surface area contributed by atoms with Gasteiger partial charge < -0.3 is 5.11 Å². The zero-order chi connectivity index (χ0) is 14.5. The number of hydrogen-bond acceptors (Lipinski definition) is 4. The number of thiophene rings is 1. The Morgan fingerprint density at radius 3 is 2.45 bits per heavy atom. The van der Waals surface area contributed by atoms with Crippen molar-refractivity contribution < 1.29 is 19.5 Å². The number of carboxylic acids is 1. The molecular weight excluding hydrogens is 280 g/mol. The molecule has 0 bridgehead atoms. The molecule has 1 aliphatic carbocycles. The molecule has 1 aliphatic rings. The quantitative estimate of drug-likeness (QED) is 0.735. The van der Waals surface area contributed by atoms with Crippen LogP contribution >= 0.6 is 11.3 Å². The Morgan fingerprint density at radius 2 is 1.85 bits per heavy atom. The molecule has 0 aromatic carbocycles. The lowest BCUT2D eigenvalue weighted by Gasteiger charge is -2.27. The van der Waals surface area contributed by atoms with Gasteiger partial charge >= 0.3 is 5.97 Å². The summed E-state index contributed by atoms with van der Waals surface area (Å²) in [4.78, 5) is 35.3. The molecular formula is C13H16N2O4S. The predicted octanol–water partition coefficient (Wildman–Crippen LogP) is 1.40. The molecule has 108 valence electrons. The molecule has 1 fully saturated rings. The second-order valence-corrected chi connectivity index (χ2v) is 5.70. The summed E-state index contributed by atoms with van der Waals surface area (Å²) in [5, 5.41) is 10.9. The summed E-state index contributed by atoms with van der Waals surface area (Å²) in [6, 6.07) is 3.38. The topological polar surface area (TPSA) is 95.5 Å². The number of carbonyl (C=O) groups excluding carboxylic acids is 2. The SMILES string of the molecule is O=C(NNC(=O)[C@H]1CCCC[C@@H]1C(=O)O)c1cccs1. The second kappa shape index (κ2) is 6.51. The maximum absolute atomic E-state index is 12.0. The standard InChI is InChI=1S/C13H16N2O4S/c16-11(8-4-1-2-5-9(8)13(18)19)14-15-12(17)10-6-3-7-20-10/h3,6-9H,1-2,4-5H2,(H,14,16)(H,15,17)(H,18,19)/t8-,9-/m0/s1. The van der Waals surface area contributed by atoms with Gasteiger partial charge in [-0.05, 0) is 24.3 Å². The minimum absolute atomic E-state index is 0.393. The van der Waals surface area contributed by atoms with Gasteiger partial charge in [-0.1, -0.05) is 18.9 Å². The van der Waals surface area contributed by atoms with Crippen molar-refractivity contribution in [3.8, 4) is 0 Å². The van der Waals surface area contributed by atoms with Gasteiger partial charge in [-0.3, -0.25) is 25.2 Å². The second-order valence-electron chi connectivity index (χ2n) is 4.76. The fourth-order valence-electron chi connectivity index (χ4n) is 2.42. The Balaban J connectivity index is 1.90. The van der Waals surface area contributed by atoms with E-state index in [0.29, 0.717) is 17.7 Å². The first-order valence-electron chi connectivity index (χ1n) is 6.46. The van der Waals surface area contributed by atoms with Gasteiger partial charge in [-0.2, -0.15) is 0 Å². The molecule has 0 radical (unpaired) electrons. The van der Waals surface area contributed by atoms with Gasteiger partial charge in [-0.25, -0.2) is 0 Å². The number of hydrogen-bond donors (Lipinski definition) is 3. The first-order valence-corrected chi connectivity index (χ1v) is 7.34. The number of carboxylic acid groups (broad SMARTS) is 1. The van der Waals surface area contributed by atoms with Crippen LogP contribution in [0, 0.1) is 11.8 Å². The molecule has 1 saturated carbocycles. The lowest BCUT2D eigenvalue weighted by Crippen LogP contribution is -2.47. The molecule has 2 atom stereocenters. The van der Waals surface area contributed by atoms with E-state index in [-0.39, 0.29) is 0 Å². The summed E-state index contributed by atoms with van der Waals surface area (Å²) < 4.78 is 0. The van der Waals surface area contributed by atoms with Crippen molar-refractivity contribution in [3.05, 3.63) is 22.4 Å². The van der Waals surface area contributed by atoms with Crippen molar-refractivity contribution in [2.75, 3.05) is 0 Å². The lowest BCUT2D eigenvalue weighted by molar-refractivity contribution is -0.149. The number of nitrogens with one attached hydrogen (secondary N) is 2. The highest BCUT2D eigenvalue weighted by atomic mass is 32.1. The van der Waals surface area contributed by atoms with Crippen LogP contribution in [0.3, 0.4) is 0 Å². The third-order valence-electron chi connectivity index (χ3n) is 3.46. The van der Waals surface area contributed by atoms with Crippen molar-refractivity contribution in [1.82, 2.24) is 10.9 Å². The van der Waals surface area contributed by atoms with E-state index in [2.05, 4.69) is 10.9 Å². The van der Waals surface area contributed by atoms with E-state index in [9.17, 15) is 14.4 Å². The van der Waals surface area contributed by atoms with E-state index in [1.54, 1.807) is 17.5 Å². The Hall–Kier alpha value is -1.89. The lowest BCUT2D eigenvalue weighted by atomic mass is 9.79. The third-order valence-corrected chi connectivity index (χ3v) is 4.33. The minimum atomic E-state index is -0.950. The number of rotatable bonds is 3. The van der Waals surface area contributed by atoms with Crippen LogP contribution in [0.2, 0.25) is 0 Å². The first kappa shape index (κ1) is 14.5. The maximum Gasteiger partial charge on any atom is 0.307 e. The molecule has 0 spiro atoms. The van der Waals surface area contributed by atoms with Gasteiger partial charge in [0, 0.05) is 0 Å². The summed E-state index contributed by atoms with van der Waals surface area (Å²) in [7, 11) is 0. The van der Waals surface area contributed by atoms with E-state index < -0.39 is 29.6 Å². The molecule has 1 aromatic rings. The summed E-state index contributed by atoms with van der Waals surface area (Å²) >= 11 is 1.27. The van der Waals surface area contributed by atoms with Crippen LogP contribution in [0.15, 0.2) is 17.5 Å². The zero-order valence-electron chi connectivity index (χ0n) is 10.8. The minimum Gasteiger partial charge on any atom is -0.481 e. The number of hydrazine groups is 1. The molecule has 1 aromatic heterocycles. The van der Waals surface area contributed by atoms with Crippen molar-refractivity contribution in [3.63, 3.8) is 0 Å². The van der Waals surface area contributed by atoms with Crippen molar-refractivity contribution in [1.29, 1.82) is 0 Å². The predicted molar refractivity (Wildman–Crippen MR) is 73.0 cm³/mol. The first-order chi connectivity index (χ1) is 9.59. The maximum atomic E-state index is 12.0. The van der Waals surface area contributed by atoms with E-state index in [1.165, 1.54) is 11.3 Å². The average molecular weight is 296 g/mol. The van der Waals surface area contributed by atoms with Gasteiger partial charge in [0.25, 0.3) is 5.91 Å². The number of carbonyl (C=O) groups is 3. The number of amides is 2. The molecule has 7 heteroatoms. The van der Waals surface area contributed by atoms with Crippen LogP contribution in [-0.2, 0) is 9.59 Å². The molecule has 2 amide bonds. The van der Waals surface area contributed by atoms with Gasteiger partial charge in [0.1, 0.15) is 0 Å². The summed E-state index contributed by atoms with van der Waals surface area (Å²) in [6.45, 7) is 0. The monoisotopic (exact) mass is 296 g/mol. The summed E-state index contributed by atoms with van der Waals surface area (Å²) in [5.41, 5.74) is 4.65. The van der Waals surface area contributed by atoms with E-state index in [1.807, 2.05) is 0 Å². The molecule has 20 heavy (non-hydrogen) atoms. The molecule has 0 unspecified atom stereocenters. The highest BCUT2D eigenvalue weighted by Crippen LogP contribution is 2.30. The molecule has 0 aliphatic heterocycles. The van der Waals surface area contributed by atoms with E-state index >= 15 is 0 Å². The molecule has 0 saturated heterocycles. The average Bonchev–Trinajstić information content (AvgIpc) is 2.98. The van der Waals surface area contributed by atoms with Gasteiger partial charge in [0.05, 0.1) is 16.7 Å². The molecule has 6 nitrogen and oxygen atoms in total. The normalized spacial score (nSPS) is 22.0. The number of aliphatic carboxylic acids is 1. The van der Waals surface area contributed by atoms with Crippen molar-refractivity contribution in [2.24, 2.45) is 11.8 Å². The smallest absolute Gasteiger partial charge is 0.307 e. The fraction of sp³-hybridized carbons (Fsp3) is 0.462. The van der Waals surface area contributed by atoms with Crippen molar-refractivity contribution in [2.45, 2.75) is 25.7 Å².